The number of amides is 1. The van der Waals surface area contributed by atoms with Gasteiger partial charge in [0.2, 0.25) is 0 Å². The van der Waals surface area contributed by atoms with Gasteiger partial charge in [0.25, 0.3) is 11.5 Å². The molecule has 5 rings (SSSR count). The molecule has 1 atom stereocenters. The minimum Gasteiger partial charge on any atom is -0.491 e. The van der Waals surface area contributed by atoms with Gasteiger partial charge in [-0.25, -0.2) is 5.10 Å². The van der Waals surface area contributed by atoms with E-state index in [0.717, 1.165) is 31.9 Å². The van der Waals surface area contributed by atoms with Crippen LogP contribution in [0.2, 0.25) is 0 Å². The molecule has 3 aromatic rings. The van der Waals surface area contributed by atoms with Gasteiger partial charge in [0, 0.05) is 43.9 Å². The van der Waals surface area contributed by atoms with Gasteiger partial charge < -0.3 is 19.4 Å². The summed E-state index contributed by atoms with van der Waals surface area (Å²) in [5, 5.41) is 6.52. The van der Waals surface area contributed by atoms with Crippen LogP contribution in [0.4, 0.5) is 5.69 Å². The number of hydrogen-bond acceptors (Lipinski definition) is 6. The summed E-state index contributed by atoms with van der Waals surface area (Å²) in [6.45, 7) is 6.11. The Morgan fingerprint density at radius 1 is 1.12 bits per heavy atom. The van der Waals surface area contributed by atoms with E-state index in [1.807, 2.05) is 48.2 Å². The number of likely N-dealkylation sites (N-methyl/N-ethyl adjacent to an activating group) is 1. The maximum absolute atomic E-state index is 13.0. The molecule has 8 heteroatoms. The predicted octanol–water partition coefficient (Wildman–Crippen LogP) is 2.61. The number of fused-ring (bicyclic) bond motifs is 1. The van der Waals surface area contributed by atoms with Crippen molar-refractivity contribution in [2.75, 3.05) is 44.7 Å². The first-order valence-corrected chi connectivity index (χ1v) is 11.6. The molecule has 2 aliphatic heterocycles. The third kappa shape index (κ3) is 4.28. The number of benzene rings is 2. The Bertz CT molecular complexity index is 1250. The van der Waals surface area contributed by atoms with E-state index in [1.54, 1.807) is 6.20 Å². The molecule has 1 fully saturated rings. The monoisotopic (exact) mass is 459 g/mol. The Hall–Kier alpha value is -3.65. The largest absolute Gasteiger partial charge is 0.491 e. The number of aromatic amines is 1. The molecule has 0 bridgehead atoms. The van der Waals surface area contributed by atoms with Crippen LogP contribution in [0.3, 0.4) is 0 Å². The summed E-state index contributed by atoms with van der Waals surface area (Å²) in [6.07, 6.45) is 1.70. The highest BCUT2D eigenvalue weighted by Gasteiger charge is 2.32. The van der Waals surface area contributed by atoms with Crippen molar-refractivity contribution in [3.8, 4) is 5.75 Å². The van der Waals surface area contributed by atoms with Gasteiger partial charge in [-0.1, -0.05) is 30.3 Å². The number of nitrogens with one attached hydrogen (secondary N) is 1. The molecule has 0 spiro atoms. The minimum atomic E-state index is -0.191. The number of carbonyl (C=O) groups excluding carboxylic acids is 1. The summed E-state index contributed by atoms with van der Waals surface area (Å²) >= 11 is 0. The lowest BCUT2D eigenvalue weighted by molar-refractivity contribution is 0.0663. The standard InChI is InChI=1S/C26H29N5O3/c1-18-23(15-27-28-25(18)32)31-16-20-6-3-4-9-22(20)24(31)17-34-21-8-5-7-19(14-21)26(33)30-12-10-29(2)11-13-30/h3-9,14-15,24H,10-13,16-17H2,1-2H3,(H,28,32). The number of rotatable bonds is 5. The molecule has 8 nitrogen and oxygen atoms in total. The second kappa shape index (κ2) is 9.30. The van der Waals surface area contributed by atoms with Crippen LogP contribution in [-0.2, 0) is 6.54 Å². The van der Waals surface area contributed by atoms with E-state index in [0.29, 0.717) is 30.0 Å². The number of anilines is 1. The number of carbonyl (C=O) groups is 1. The Balaban J connectivity index is 1.36. The van der Waals surface area contributed by atoms with Crippen LogP contribution in [0.5, 0.6) is 5.75 Å². The summed E-state index contributed by atoms with van der Waals surface area (Å²) in [5.74, 6) is 0.696. The highest BCUT2D eigenvalue weighted by Crippen LogP contribution is 2.38. The molecule has 34 heavy (non-hydrogen) atoms. The van der Waals surface area contributed by atoms with Gasteiger partial charge in [0.1, 0.15) is 12.4 Å². The van der Waals surface area contributed by atoms with Crippen LogP contribution in [0, 0.1) is 6.92 Å². The second-order valence-corrected chi connectivity index (χ2v) is 8.99. The Morgan fingerprint density at radius 2 is 1.91 bits per heavy atom. The molecule has 2 aliphatic rings. The summed E-state index contributed by atoms with van der Waals surface area (Å²) in [7, 11) is 2.07. The first kappa shape index (κ1) is 22.2. The molecule has 0 radical (unpaired) electrons. The number of aromatic nitrogens is 2. The maximum Gasteiger partial charge on any atom is 0.269 e. The topological polar surface area (TPSA) is 81.8 Å². The molecule has 0 saturated carbocycles. The molecule has 1 saturated heterocycles. The van der Waals surface area contributed by atoms with Gasteiger partial charge in [-0.05, 0) is 43.3 Å². The van der Waals surface area contributed by atoms with Gasteiger partial charge in [-0.15, -0.1) is 0 Å². The highest BCUT2D eigenvalue weighted by atomic mass is 16.5. The van der Waals surface area contributed by atoms with E-state index in [-0.39, 0.29) is 17.5 Å². The maximum atomic E-state index is 13.0. The summed E-state index contributed by atoms with van der Waals surface area (Å²) in [4.78, 5) is 31.5. The lowest BCUT2D eigenvalue weighted by Crippen LogP contribution is -2.47. The third-order valence-corrected chi connectivity index (χ3v) is 6.80. The normalized spacial score (nSPS) is 18.1. The number of H-pyrrole nitrogens is 1. The Labute approximate surface area is 198 Å². The summed E-state index contributed by atoms with van der Waals surface area (Å²) in [5.41, 5.74) is 4.25. The van der Waals surface area contributed by atoms with E-state index in [9.17, 15) is 9.59 Å². The van der Waals surface area contributed by atoms with Crippen LogP contribution < -0.4 is 15.2 Å². The van der Waals surface area contributed by atoms with Crippen LogP contribution in [0.15, 0.2) is 59.5 Å². The van der Waals surface area contributed by atoms with Gasteiger partial charge in [0.05, 0.1) is 17.9 Å². The zero-order valence-electron chi connectivity index (χ0n) is 19.5. The average molecular weight is 460 g/mol. The van der Waals surface area contributed by atoms with Crippen LogP contribution in [0.25, 0.3) is 0 Å². The fourth-order valence-corrected chi connectivity index (χ4v) is 4.72. The van der Waals surface area contributed by atoms with E-state index in [4.69, 9.17) is 4.74 Å². The molecular weight excluding hydrogens is 430 g/mol. The van der Waals surface area contributed by atoms with Crippen molar-refractivity contribution in [1.82, 2.24) is 20.0 Å². The van der Waals surface area contributed by atoms with Gasteiger partial charge in [-0.2, -0.15) is 5.10 Å². The van der Waals surface area contributed by atoms with Crippen molar-refractivity contribution in [3.05, 3.63) is 87.3 Å². The second-order valence-electron chi connectivity index (χ2n) is 8.99. The van der Waals surface area contributed by atoms with Crippen molar-refractivity contribution in [3.63, 3.8) is 0 Å². The highest BCUT2D eigenvalue weighted by molar-refractivity contribution is 5.94. The number of piperazine rings is 1. The molecule has 176 valence electrons. The Morgan fingerprint density at radius 3 is 2.74 bits per heavy atom. The van der Waals surface area contributed by atoms with E-state index in [1.165, 1.54) is 11.1 Å². The molecule has 2 aromatic carbocycles. The van der Waals surface area contributed by atoms with Crippen molar-refractivity contribution < 1.29 is 9.53 Å². The van der Waals surface area contributed by atoms with Crippen LogP contribution in [0.1, 0.15) is 33.1 Å². The van der Waals surface area contributed by atoms with E-state index < -0.39 is 0 Å². The first-order valence-electron chi connectivity index (χ1n) is 11.6. The number of nitrogens with zero attached hydrogens (tertiary/aromatic N) is 4. The smallest absolute Gasteiger partial charge is 0.269 e. The fourth-order valence-electron chi connectivity index (χ4n) is 4.72. The third-order valence-electron chi connectivity index (χ3n) is 6.80. The minimum absolute atomic E-state index is 0.0385. The van der Waals surface area contributed by atoms with E-state index >= 15 is 0 Å². The lowest BCUT2D eigenvalue weighted by Gasteiger charge is -2.32. The number of ether oxygens (including phenoxy) is 1. The fraction of sp³-hybridized carbons (Fsp3) is 0.346. The zero-order chi connectivity index (χ0) is 23.7. The molecule has 1 amide bonds. The van der Waals surface area contributed by atoms with Crippen LogP contribution in [-0.4, -0.2) is 65.7 Å². The van der Waals surface area contributed by atoms with Gasteiger partial charge >= 0.3 is 0 Å². The number of hydrogen-bond donors (Lipinski definition) is 1. The van der Waals surface area contributed by atoms with E-state index in [2.05, 4.69) is 39.2 Å². The lowest BCUT2D eigenvalue weighted by atomic mass is 10.1. The van der Waals surface area contributed by atoms with Gasteiger partial charge in [-0.3, -0.25) is 9.59 Å². The molecular formula is C26H29N5O3. The van der Waals surface area contributed by atoms with Crippen molar-refractivity contribution in [2.24, 2.45) is 0 Å². The SMILES string of the molecule is Cc1c(N2Cc3ccccc3C2COc2cccc(C(=O)N3CCN(C)CC3)c2)cn[nH]c1=O. The predicted molar refractivity (Wildman–Crippen MR) is 130 cm³/mol. The van der Waals surface area contributed by atoms with Crippen molar-refractivity contribution in [1.29, 1.82) is 0 Å². The molecule has 0 aliphatic carbocycles. The van der Waals surface area contributed by atoms with Crippen molar-refractivity contribution >= 4 is 11.6 Å². The molecule has 1 unspecified atom stereocenters. The Kier molecular flexibility index (Phi) is 6.06. The van der Waals surface area contributed by atoms with Gasteiger partial charge in [0.15, 0.2) is 0 Å². The van der Waals surface area contributed by atoms with Crippen molar-refractivity contribution in [2.45, 2.75) is 19.5 Å². The molecule has 3 heterocycles. The summed E-state index contributed by atoms with van der Waals surface area (Å²) in [6, 6.07) is 15.6. The average Bonchev–Trinajstić information content (AvgIpc) is 3.23. The molecule has 1 aromatic heterocycles. The molecule has 1 N–H and O–H groups in total. The zero-order valence-corrected chi connectivity index (χ0v) is 19.5. The van der Waals surface area contributed by atoms with Crippen LogP contribution >= 0.6 is 0 Å². The first-order chi connectivity index (χ1) is 16.5. The summed E-state index contributed by atoms with van der Waals surface area (Å²) < 4.78 is 6.24. The quantitative estimate of drug-likeness (QED) is 0.632.